The van der Waals surface area contributed by atoms with Crippen LogP contribution in [-0.2, 0) is 30.1 Å². The van der Waals surface area contributed by atoms with Crippen molar-refractivity contribution in [2.24, 2.45) is 0 Å². The van der Waals surface area contributed by atoms with Crippen LogP contribution in [0.15, 0.2) is 60.7 Å². The van der Waals surface area contributed by atoms with Gasteiger partial charge in [-0.1, -0.05) is 71.8 Å². The van der Waals surface area contributed by atoms with Gasteiger partial charge in [-0.05, 0) is 0 Å². The van der Waals surface area contributed by atoms with E-state index in [0.29, 0.717) is 0 Å². The summed E-state index contributed by atoms with van der Waals surface area (Å²) < 4.78 is 26.8. The fraction of sp³-hybridized carbons (Fsp3) is 0.188. The Hall–Kier alpha value is -1.04. The molecule has 4 nitrogen and oxygen atoms in total. The average Bonchev–Trinajstić information content (AvgIpc) is 2.45. The predicted molar refractivity (Wildman–Crippen MR) is 87.3 cm³/mol. The molecule has 0 spiro atoms. The second kappa shape index (κ2) is 9.18. The molecule has 2 aromatic carbocycles. The van der Waals surface area contributed by atoms with E-state index < -0.39 is 22.1 Å². The molecule has 0 saturated carbocycles. The summed E-state index contributed by atoms with van der Waals surface area (Å²) in [4.78, 5) is 0. The number of benzene rings is 2. The molecule has 22 heavy (non-hydrogen) atoms. The van der Waals surface area contributed by atoms with Crippen molar-refractivity contribution >= 4 is 10.0 Å². The molecule has 0 saturated heterocycles. The van der Waals surface area contributed by atoms with Gasteiger partial charge >= 0.3 is 20.1 Å². The van der Waals surface area contributed by atoms with E-state index in [4.69, 9.17) is 5.73 Å². The second-order valence-corrected chi connectivity index (χ2v) is 6.26. The first kappa shape index (κ1) is 21.0. The number of sulfonamides is 1. The Morgan fingerprint density at radius 1 is 0.909 bits per heavy atom. The zero-order valence-corrected chi connectivity index (χ0v) is 15.6. The molecule has 0 aliphatic heterocycles. The van der Waals surface area contributed by atoms with Crippen molar-refractivity contribution in [3.63, 3.8) is 0 Å². The third-order valence-electron chi connectivity index (χ3n) is 2.92. The summed E-state index contributed by atoms with van der Waals surface area (Å²) in [7, 11) is -3.52. The number of hydrogen-bond acceptors (Lipinski definition) is 2. The molecular formula is C16H19IrN2O2S. The molecule has 0 aliphatic rings. The quantitative estimate of drug-likeness (QED) is 0.580. The Morgan fingerprint density at radius 3 is 1.73 bits per heavy atom. The molecule has 6 heteroatoms. The van der Waals surface area contributed by atoms with E-state index in [9.17, 15) is 8.42 Å². The van der Waals surface area contributed by atoms with Crippen molar-refractivity contribution in [1.29, 1.82) is 0 Å². The molecular weight excluding hydrogens is 476 g/mol. The van der Waals surface area contributed by atoms with Gasteiger partial charge in [0.25, 0.3) is 0 Å². The first-order chi connectivity index (χ1) is 9.47. The standard InChI is InChI=1S/C15H16N2O2S.CH3.Ir/c1-20(18,19)17-15(13-10-6-3-7-11-13)14(16)12-8-4-2-5-9-12;;/h2-11,14-16H,1H3;1H3;/q-2;-1;+3/t14-,15-;;/m0../s1. The Kier molecular flexibility index (Phi) is 8.74. The first-order valence-electron chi connectivity index (χ1n) is 6.20. The summed E-state index contributed by atoms with van der Waals surface area (Å²) in [6.07, 6.45) is 1.06. The van der Waals surface area contributed by atoms with Gasteiger partial charge in [0.15, 0.2) is 0 Å². The van der Waals surface area contributed by atoms with Gasteiger partial charge in [-0.3, -0.25) is 0 Å². The fourth-order valence-electron chi connectivity index (χ4n) is 2.01. The summed E-state index contributed by atoms with van der Waals surface area (Å²) in [5.74, 6) is 0. The van der Waals surface area contributed by atoms with E-state index in [1.165, 1.54) is 0 Å². The summed E-state index contributed by atoms with van der Waals surface area (Å²) in [5.41, 5.74) is 9.80. The van der Waals surface area contributed by atoms with Gasteiger partial charge in [0.1, 0.15) is 0 Å². The van der Waals surface area contributed by atoms with E-state index in [1.54, 1.807) is 12.1 Å². The summed E-state index contributed by atoms with van der Waals surface area (Å²) in [6, 6.07) is 16.7. The first-order valence-corrected chi connectivity index (χ1v) is 8.05. The SMILES string of the molecule is CS(=O)(=O)[N-][C@@H](c1ccccc1)[C@@H]([NH-])c1ccccc1.[CH3-].[Ir+3]. The van der Waals surface area contributed by atoms with Crippen LogP contribution in [0, 0.1) is 7.43 Å². The van der Waals surface area contributed by atoms with Gasteiger partial charge in [0.05, 0.1) is 10.0 Å². The maximum absolute atomic E-state index is 11.5. The molecule has 2 rings (SSSR count). The maximum atomic E-state index is 11.5. The number of nitrogens with one attached hydrogen (secondary N) is 1. The summed E-state index contributed by atoms with van der Waals surface area (Å²) in [6.45, 7) is 0. The van der Waals surface area contributed by atoms with E-state index in [0.717, 1.165) is 17.4 Å². The molecule has 1 N–H and O–H groups in total. The molecule has 0 aromatic heterocycles. The minimum atomic E-state index is -3.52. The zero-order chi connectivity index (χ0) is 14.6. The minimum Gasteiger partial charge on any atom is -0.672 e. The van der Waals surface area contributed by atoms with Crippen molar-refractivity contribution in [2.45, 2.75) is 12.1 Å². The minimum absolute atomic E-state index is 0. The zero-order valence-electron chi connectivity index (χ0n) is 12.4. The Bertz CT molecular complexity index is 648. The van der Waals surface area contributed by atoms with Crippen molar-refractivity contribution in [1.82, 2.24) is 0 Å². The molecule has 0 aliphatic carbocycles. The Balaban J connectivity index is 0.00000220. The van der Waals surface area contributed by atoms with Crippen LogP contribution < -0.4 is 0 Å². The van der Waals surface area contributed by atoms with Gasteiger partial charge in [0, 0.05) is 6.26 Å². The van der Waals surface area contributed by atoms with Gasteiger partial charge < -0.3 is 17.9 Å². The van der Waals surface area contributed by atoms with Crippen molar-refractivity contribution in [2.75, 3.05) is 6.26 Å². The fourth-order valence-corrected chi connectivity index (χ4v) is 2.67. The van der Waals surface area contributed by atoms with Crippen molar-refractivity contribution in [3.8, 4) is 0 Å². The summed E-state index contributed by atoms with van der Waals surface area (Å²) >= 11 is 0. The molecule has 0 radical (unpaired) electrons. The third kappa shape index (κ3) is 5.99. The van der Waals surface area contributed by atoms with Gasteiger partial charge in [-0.2, -0.15) is 0 Å². The second-order valence-electron chi connectivity index (χ2n) is 4.58. The largest absolute Gasteiger partial charge is 3.00 e. The smallest absolute Gasteiger partial charge is 0.672 e. The van der Waals surface area contributed by atoms with Crippen LogP contribution in [-0.4, -0.2) is 14.7 Å². The third-order valence-corrected chi connectivity index (χ3v) is 3.53. The molecule has 0 bridgehead atoms. The van der Waals surface area contributed by atoms with Crippen LogP contribution in [0.25, 0.3) is 10.5 Å². The molecule has 2 atom stereocenters. The number of nitrogens with zero attached hydrogens (tertiary/aromatic N) is 1. The van der Waals surface area contributed by atoms with E-state index in [1.807, 2.05) is 48.5 Å². The van der Waals surface area contributed by atoms with Gasteiger partial charge in [0.2, 0.25) is 0 Å². The predicted octanol–water partition coefficient (Wildman–Crippen LogP) is 4.30. The normalized spacial score (nSPS) is 13.4. The average molecular weight is 496 g/mol. The molecule has 0 amide bonds. The molecule has 120 valence electrons. The van der Waals surface area contributed by atoms with E-state index in [-0.39, 0.29) is 27.5 Å². The van der Waals surface area contributed by atoms with Crippen molar-refractivity contribution < 1.29 is 28.5 Å². The van der Waals surface area contributed by atoms with Crippen LogP contribution in [0.2, 0.25) is 0 Å². The number of hydrogen-bond donors (Lipinski definition) is 0. The van der Waals surface area contributed by atoms with Crippen LogP contribution in [0.5, 0.6) is 0 Å². The van der Waals surface area contributed by atoms with Crippen LogP contribution in [0.1, 0.15) is 23.2 Å². The molecule has 0 fully saturated rings. The van der Waals surface area contributed by atoms with Gasteiger partial charge in [-0.15, -0.1) is 12.1 Å². The summed E-state index contributed by atoms with van der Waals surface area (Å²) in [5, 5.41) is 0. The van der Waals surface area contributed by atoms with Gasteiger partial charge in [-0.25, -0.2) is 8.42 Å². The van der Waals surface area contributed by atoms with E-state index in [2.05, 4.69) is 4.72 Å². The topological polar surface area (TPSA) is 72.0 Å². The monoisotopic (exact) mass is 496 g/mol. The molecule has 0 heterocycles. The Labute approximate surface area is 146 Å². The van der Waals surface area contributed by atoms with Crippen molar-refractivity contribution in [3.05, 3.63) is 89.7 Å². The molecule has 0 unspecified atom stereocenters. The molecule has 2 aromatic rings. The van der Waals surface area contributed by atoms with Crippen LogP contribution in [0.3, 0.4) is 0 Å². The number of rotatable bonds is 5. The Morgan fingerprint density at radius 2 is 1.32 bits per heavy atom. The van der Waals surface area contributed by atoms with E-state index >= 15 is 0 Å². The van der Waals surface area contributed by atoms with Crippen LogP contribution >= 0.6 is 0 Å². The van der Waals surface area contributed by atoms with Crippen LogP contribution in [0.4, 0.5) is 0 Å². The maximum Gasteiger partial charge on any atom is 3.00 e.